The molecular weight excluding hydrogens is 472 g/mol. The van der Waals surface area contributed by atoms with Crippen LogP contribution >= 0.6 is 15.9 Å². The highest BCUT2D eigenvalue weighted by Gasteiger charge is 2.34. The first-order valence-electron chi connectivity index (χ1n) is 9.94. The fraction of sp³-hybridized carbons (Fsp3) is 0.120. The first-order chi connectivity index (χ1) is 15.5. The van der Waals surface area contributed by atoms with Gasteiger partial charge in [-0.2, -0.15) is 0 Å². The Morgan fingerprint density at radius 2 is 1.78 bits per heavy atom. The van der Waals surface area contributed by atoms with Crippen LogP contribution in [0, 0.1) is 6.92 Å². The van der Waals surface area contributed by atoms with Gasteiger partial charge in [-0.1, -0.05) is 64.0 Å². The Kier molecular flexibility index (Phi) is 6.28. The second-order valence-corrected chi connectivity index (χ2v) is 8.12. The second-order valence-electron chi connectivity index (χ2n) is 7.27. The molecule has 0 bridgehead atoms. The molecule has 32 heavy (non-hydrogen) atoms. The largest absolute Gasteiger partial charge is 0.493 e. The van der Waals surface area contributed by atoms with Crippen LogP contribution in [-0.2, 0) is 11.4 Å². The number of nitrogens with one attached hydrogen (secondary N) is 1. The fourth-order valence-electron chi connectivity index (χ4n) is 3.40. The molecule has 1 aliphatic rings. The first-order valence-corrected chi connectivity index (χ1v) is 10.7. The first kappa shape index (κ1) is 21.6. The van der Waals surface area contributed by atoms with Crippen molar-refractivity contribution in [3.63, 3.8) is 0 Å². The summed E-state index contributed by atoms with van der Waals surface area (Å²) in [5.41, 5.74) is 3.57. The number of para-hydroxylation sites is 1. The van der Waals surface area contributed by atoms with Crippen LogP contribution < -0.4 is 19.7 Å². The molecule has 1 saturated heterocycles. The number of anilines is 1. The normalized spacial score (nSPS) is 14.6. The number of amides is 3. The third kappa shape index (κ3) is 4.53. The number of benzene rings is 3. The van der Waals surface area contributed by atoms with Crippen LogP contribution in [0.2, 0.25) is 0 Å². The Balaban J connectivity index is 1.58. The van der Waals surface area contributed by atoms with E-state index in [1.807, 2.05) is 31.2 Å². The summed E-state index contributed by atoms with van der Waals surface area (Å²) in [6.07, 6.45) is 1.61. The van der Waals surface area contributed by atoms with Gasteiger partial charge in [-0.3, -0.25) is 4.79 Å². The lowest BCUT2D eigenvalue weighted by molar-refractivity contribution is -0.113. The quantitative estimate of drug-likeness (QED) is 0.367. The summed E-state index contributed by atoms with van der Waals surface area (Å²) in [5, 5.41) is 2.64. The Bertz CT molecular complexity index is 1210. The van der Waals surface area contributed by atoms with Crippen molar-refractivity contribution in [1.29, 1.82) is 0 Å². The summed E-state index contributed by atoms with van der Waals surface area (Å²) >= 11 is 3.53. The minimum Gasteiger partial charge on any atom is -0.493 e. The molecule has 3 aromatic carbocycles. The van der Waals surface area contributed by atoms with Crippen molar-refractivity contribution in [2.45, 2.75) is 13.5 Å². The molecule has 7 heteroatoms. The highest BCUT2D eigenvalue weighted by atomic mass is 79.9. The highest BCUT2D eigenvalue weighted by molar-refractivity contribution is 9.10. The number of carbonyl (C=O) groups is 2. The summed E-state index contributed by atoms with van der Waals surface area (Å²) in [6.45, 7) is 2.43. The Morgan fingerprint density at radius 1 is 1.00 bits per heavy atom. The topological polar surface area (TPSA) is 67.9 Å². The van der Waals surface area contributed by atoms with Crippen molar-refractivity contribution in [3.8, 4) is 11.5 Å². The van der Waals surface area contributed by atoms with Gasteiger partial charge >= 0.3 is 6.03 Å². The zero-order valence-corrected chi connectivity index (χ0v) is 19.2. The third-order valence-electron chi connectivity index (χ3n) is 4.95. The molecule has 0 atom stereocenters. The van der Waals surface area contributed by atoms with E-state index in [1.54, 1.807) is 49.6 Å². The Morgan fingerprint density at radius 3 is 2.50 bits per heavy atom. The monoisotopic (exact) mass is 492 g/mol. The van der Waals surface area contributed by atoms with E-state index in [9.17, 15) is 9.59 Å². The Labute approximate surface area is 194 Å². The van der Waals surface area contributed by atoms with Crippen LogP contribution in [0.5, 0.6) is 11.5 Å². The molecule has 0 aliphatic carbocycles. The molecule has 6 nitrogen and oxygen atoms in total. The number of rotatable bonds is 6. The van der Waals surface area contributed by atoms with E-state index in [2.05, 4.69) is 27.3 Å². The second kappa shape index (κ2) is 9.28. The average molecular weight is 493 g/mol. The molecule has 4 rings (SSSR count). The van der Waals surface area contributed by atoms with Crippen molar-refractivity contribution in [3.05, 3.63) is 93.6 Å². The van der Waals surface area contributed by atoms with Crippen molar-refractivity contribution in [2.75, 3.05) is 12.0 Å². The SMILES string of the molecule is COc1cc(/C=C2/NC(=O)N(c3ccccc3)C2=O)c(Br)cc1OCc1cccc(C)c1. The van der Waals surface area contributed by atoms with Gasteiger partial charge in [-0.15, -0.1) is 0 Å². The predicted molar refractivity (Wildman–Crippen MR) is 127 cm³/mol. The number of hydrogen-bond donors (Lipinski definition) is 1. The zero-order chi connectivity index (χ0) is 22.7. The van der Waals surface area contributed by atoms with Gasteiger partial charge in [-0.25, -0.2) is 9.69 Å². The maximum absolute atomic E-state index is 12.8. The summed E-state index contributed by atoms with van der Waals surface area (Å²) < 4.78 is 12.2. The van der Waals surface area contributed by atoms with Crippen molar-refractivity contribution < 1.29 is 19.1 Å². The van der Waals surface area contributed by atoms with E-state index in [1.165, 1.54) is 0 Å². The number of carbonyl (C=O) groups excluding carboxylic acids is 2. The van der Waals surface area contributed by atoms with Crippen molar-refractivity contribution >= 4 is 39.6 Å². The molecule has 1 aliphatic heterocycles. The number of hydrogen-bond acceptors (Lipinski definition) is 4. The molecule has 0 saturated carbocycles. The van der Waals surface area contributed by atoms with Gasteiger partial charge in [0.2, 0.25) is 0 Å². The van der Waals surface area contributed by atoms with E-state index in [0.717, 1.165) is 16.0 Å². The van der Waals surface area contributed by atoms with Crippen LogP contribution in [0.3, 0.4) is 0 Å². The number of halogens is 1. The molecule has 162 valence electrons. The Hall–Kier alpha value is -3.58. The van der Waals surface area contributed by atoms with Gasteiger partial charge in [-0.05, 0) is 48.4 Å². The van der Waals surface area contributed by atoms with Crippen LogP contribution in [0.4, 0.5) is 10.5 Å². The smallest absolute Gasteiger partial charge is 0.333 e. The van der Waals surface area contributed by atoms with Gasteiger partial charge < -0.3 is 14.8 Å². The van der Waals surface area contributed by atoms with Gasteiger partial charge in [0.1, 0.15) is 12.3 Å². The maximum Gasteiger partial charge on any atom is 0.333 e. The third-order valence-corrected chi connectivity index (χ3v) is 5.64. The van der Waals surface area contributed by atoms with E-state index in [4.69, 9.17) is 9.47 Å². The lowest BCUT2D eigenvalue weighted by atomic mass is 10.1. The number of nitrogens with zero attached hydrogens (tertiary/aromatic N) is 1. The minimum absolute atomic E-state index is 0.176. The van der Waals surface area contributed by atoms with Gasteiger partial charge in [0, 0.05) is 4.47 Å². The highest BCUT2D eigenvalue weighted by Crippen LogP contribution is 2.35. The van der Waals surface area contributed by atoms with Gasteiger partial charge in [0.05, 0.1) is 12.8 Å². The molecule has 1 heterocycles. The number of ether oxygens (including phenoxy) is 2. The molecule has 1 fully saturated rings. The molecule has 0 spiro atoms. The van der Waals surface area contributed by atoms with Crippen molar-refractivity contribution in [1.82, 2.24) is 5.32 Å². The lowest BCUT2D eigenvalue weighted by Gasteiger charge is -2.13. The number of aryl methyl sites for hydroxylation is 1. The molecule has 3 amide bonds. The summed E-state index contributed by atoms with van der Waals surface area (Å²) in [4.78, 5) is 26.3. The van der Waals surface area contributed by atoms with Gasteiger partial charge in [0.15, 0.2) is 11.5 Å². The summed E-state index contributed by atoms with van der Waals surface area (Å²) in [6, 6.07) is 19.9. The van der Waals surface area contributed by atoms with Crippen LogP contribution in [-0.4, -0.2) is 19.0 Å². The maximum atomic E-state index is 12.8. The average Bonchev–Trinajstić information content (AvgIpc) is 3.07. The van der Waals surface area contributed by atoms with E-state index in [0.29, 0.717) is 33.8 Å². The van der Waals surface area contributed by atoms with Crippen LogP contribution in [0.25, 0.3) is 6.08 Å². The summed E-state index contributed by atoms with van der Waals surface area (Å²) in [5.74, 6) is 0.659. The van der Waals surface area contributed by atoms with Crippen LogP contribution in [0.15, 0.2) is 76.9 Å². The van der Waals surface area contributed by atoms with E-state index >= 15 is 0 Å². The summed E-state index contributed by atoms with van der Waals surface area (Å²) in [7, 11) is 1.55. The molecule has 3 aromatic rings. The number of urea groups is 1. The fourth-order valence-corrected chi connectivity index (χ4v) is 3.84. The van der Waals surface area contributed by atoms with Crippen molar-refractivity contribution in [2.24, 2.45) is 0 Å². The molecule has 1 N–H and O–H groups in total. The molecule has 0 aromatic heterocycles. The molecule has 0 unspecified atom stereocenters. The minimum atomic E-state index is -0.492. The number of imide groups is 1. The molecule has 0 radical (unpaired) electrons. The van der Waals surface area contributed by atoms with Crippen LogP contribution in [0.1, 0.15) is 16.7 Å². The van der Waals surface area contributed by atoms with Gasteiger partial charge in [0.25, 0.3) is 5.91 Å². The standard InChI is InChI=1S/C25H21BrN2O4/c1-16-7-6-8-17(11-16)15-32-23-14-20(26)18(13-22(23)31-2)12-21-24(29)28(25(30)27-21)19-9-4-3-5-10-19/h3-14H,15H2,1-2H3,(H,27,30)/b21-12+. The predicted octanol–water partition coefficient (Wildman–Crippen LogP) is 5.44. The lowest BCUT2D eigenvalue weighted by Crippen LogP contribution is -2.30. The van der Waals surface area contributed by atoms with E-state index < -0.39 is 11.9 Å². The number of methoxy groups -OCH3 is 1. The molecular formula is C25H21BrN2O4. The zero-order valence-electron chi connectivity index (χ0n) is 17.6. The van der Waals surface area contributed by atoms with E-state index in [-0.39, 0.29) is 5.70 Å².